The number of nitrogens with two attached hydrogens (primary N) is 1. The Kier molecular flexibility index (Phi) is 5.41. The second-order valence-electron chi connectivity index (χ2n) is 4.96. The highest BCUT2D eigenvalue weighted by Crippen LogP contribution is 2.23. The molecule has 0 aliphatic rings. The Morgan fingerprint density at radius 1 is 1.20 bits per heavy atom. The molecule has 0 amide bonds. The van der Waals surface area contributed by atoms with Gasteiger partial charge in [0.1, 0.15) is 0 Å². The molecule has 1 aromatic heterocycles. The van der Waals surface area contributed by atoms with Crippen LogP contribution in [0.1, 0.15) is 23.9 Å². The Hall–Kier alpha value is -0.650. The van der Waals surface area contributed by atoms with Crippen LogP contribution in [0.15, 0.2) is 33.2 Å². The number of halogens is 2. The van der Waals surface area contributed by atoms with Crippen molar-refractivity contribution in [2.24, 2.45) is 5.73 Å². The number of aryl methyl sites for hydroxylation is 2. The minimum atomic E-state index is 0.0916. The van der Waals surface area contributed by atoms with Gasteiger partial charge in [0.05, 0.1) is 15.9 Å². The minimum Gasteiger partial charge on any atom is -0.327 e. The van der Waals surface area contributed by atoms with Gasteiger partial charge >= 0.3 is 0 Å². The molecule has 0 spiro atoms. The first-order chi connectivity index (χ1) is 9.51. The fraction of sp³-hybridized carbons (Fsp3) is 0.400. The molecular formula is C15H19Br2N3. The molecule has 0 aliphatic heterocycles. The topological polar surface area (TPSA) is 43.8 Å². The van der Waals surface area contributed by atoms with Crippen LogP contribution in [0, 0.1) is 6.92 Å². The summed E-state index contributed by atoms with van der Waals surface area (Å²) in [5.74, 6) is 0. The molecule has 0 saturated carbocycles. The first kappa shape index (κ1) is 15.7. The van der Waals surface area contributed by atoms with Crippen molar-refractivity contribution >= 4 is 31.9 Å². The molecule has 0 saturated heterocycles. The van der Waals surface area contributed by atoms with E-state index < -0.39 is 0 Å². The minimum absolute atomic E-state index is 0.0916. The lowest BCUT2D eigenvalue weighted by molar-refractivity contribution is 0.573. The van der Waals surface area contributed by atoms with Crippen LogP contribution in [-0.2, 0) is 19.4 Å². The zero-order valence-corrected chi connectivity index (χ0v) is 14.9. The van der Waals surface area contributed by atoms with Crippen LogP contribution >= 0.6 is 31.9 Å². The molecule has 1 heterocycles. The van der Waals surface area contributed by atoms with E-state index in [9.17, 15) is 0 Å². The number of hydrogen-bond donors (Lipinski definition) is 1. The number of benzene rings is 1. The van der Waals surface area contributed by atoms with Crippen molar-refractivity contribution in [3.05, 3.63) is 50.2 Å². The molecule has 0 fully saturated rings. The normalized spacial score (nSPS) is 12.7. The van der Waals surface area contributed by atoms with Gasteiger partial charge in [-0.1, -0.05) is 28.1 Å². The van der Waals surface area contributed by atoms with Crippen LogP contribution in [-0.4, -0.2) is 15.8 Å². The quantitative estimate of drug-likeness (QED) is 0.828. The van der Waals surface area contributed by atoms with Crippen molar-refractivity contribution in [3.8, 4) is 0 Å². The molecule has 3 nitrogen and oxygen atoms in total. The van der Waals surface area contributed by atoms with Gasteiger partial charge in [-0.25, -0.2) is 0 Å². The van der Waals surface area contributed by atoms with Gasteiger partial charge in [-0.15, -0.1) is 0 Å². The summed E-state index contributed by atoms with van der Waals surface area (Å²) in [5, 5.41) is 4.51. The Labute approximate surface area is 136 Å². The van der Waals surface area contributed by atoms with E-state index in [2.05, 4.69) is 68.1 Å². The first-order valence-electron chi connectivity index (χ1n) is 6.73. The van der Waals surface area contributed by atoms with Gasteiger partial charge in [-0.05, 0) is 53.9 Å². The van der Waals surface area contributed by atoms with E-state index in [1.807, 2.05) is 11.6 Å². The molecule has 0 bridgehead atoms. The van der Waals surface area contributed by atoms with Gasteiger partial charge < -0.3 is 5.73 Å². The van der Waals surface area contributed by atoms with Crippen molar-refractivity contribution in [1.29, 1.82) is 0 Å². The maximum absolute atomic E-state index is 6.30. The van der Waals surface area contributed by atoms with Crippen molar-refractivity contribution in [3.63, 3.8) is 0 Å². The zero-order chi connectivity index (χ0) is 14.7. The van der Waals surface area contributed by atoms with Crippen LogP contribution in [0.3, 0.4) is 0 Å². The van der Waals surface area contributed by atoms with Crippen molar-refractivity contribution in [2.45, 2.75) is 39.3 Å². The lowest BCUT2D eigenvalue weighted by atomic mass is 10.0. The Bertz CT molecular complexity index is 576. The van der Waals surface area contributed by atoms with Crippen molar-refractivity contribution in [1.82, 2.24) is 9.78 Å². The number of nitrogens with zero attached hydrogens (tertiary/aromatic N) is 2. The molecule has 2 rings (SSSR count). The number of hydrogen-bond acceptors (Lipinski definition) is 2. The fourth-order valence-electron chi connectivity index (χ4n) is 2.31. The molecule has 5 heteroatoms. The monoisotopic (exact) mass is 399 g/mol. The second-order valence-corrected chi connectivity index (χ2v) is 6.67. The van der Waals surface area contributed by atoms with Gasteiger partial charge in [0, 0.05) is 23.5 Å². The predicted octanol–water partition coefficient (Wildman–Crippen LogP) is 3.85. The van der Waals surface area contributed by atoms with Crippen LogP contribution in [0.5, 0.6) is 0 Å². The second kappa shape index (κ2) is 6.87. The molecular weight excluding hydrogens is 382 g/mol. The highest BCUT2D eigenvalue weighted by Gasteiger charge is 2.15. The van der Waals surface area contributed by atoms with Crippen LogP contribution in [0.4, 0.5) is 0 Å². The molecule has 1 unspecified atom stereocenters. The van der Waals surface area contributed by atoms with Gasteiger partial charge in [0.15, 0.2) is 0 Å². The molecule has 2 aromatic rings. The maximum Gasteiger partial charge on any atom is 0.0738 e. The van der Waals surface area contributed by atoms with E-state index in [0.717, 1.165) is 34.0 Å². The van der Waals surface area contributed by atoms with Crippen LogP contribution in [0.25, 0.3) is 0 Å². The van der Waals surface area contributed by atoms with E-state index in [4.69, 9.17) is 5.73 Å². The molecule has 0 radical (unpaired) electrons. The standard InChI is InChI=1S/C15H19Br2N3/c1-3-20-14(15(17)10(2)19-20)9-13(18)8-11-4-6-12(16)7-5-11/h4-7,13H,3,8-9,18H2,1-2H3. The summed E-state index contributed by atoms with van der Waals surface area (Å²) in [6, 6.07) is 8.42. The first-order valence-corrected chi connectivity index (χ1v) is 8.31. The third kappa shape index (κ3) is 3.71. The Morgan fingerprint density at radius 2 is 1.85 bits per heavy atom. The molecule has 1 aromatic carbocycles. The SMILES string of the molecule is CCn1nc(C)c(Br)c1CC(N)Cc1ccc(Br)cc1. The Balaban J connectivity index is 2.08. The summed E-state index contributed by atoms with van der Waals surface area (Å²) in [6.45, 7) is 4.98. The molecule has 108 valence electrons. The van der Waals surface area contributed by atoms with E-state index >= 15 is 0 Å². The number of rotatable bonds is 5. The molecule has 0 aliphatic carbocycles. The smallest absolute Gasteiger partial charge is 0.0738 e. The maximum atomic E-state index is 6.30. The van der Waals surface area contributed by atoms with Gasteiger partial charge in [0.2, 0.25) is 0 Å². The summed E-state index contributed by atoms with van der Waals surface area (Å²) < 4.78 is 4.21. The molecule has 20 heavy (non-hydrogen) atoms. The van der Waals surface area contributed by atoms with E-state index in [0.29, 0.717) is 0 Å². The third-order valence-electron chi connectivity index (χ3n) is 3.32. The summed E-state index contributed by atoms with van der Waals surface area (Å²) in [7, 11) is 0. The average Bonchev–Trinajstić information content (AvgIpc) is 2.69. The summed E-state index contributed by atoms with van der Waals surface area (Å²) in [6.07, 6.45) is 1.69. The average molecular weight is 401 g/mol. The zero-order valence-electron chi connectivity index (χ0n) is 11.7. The van der Waals surface area contributed by atoms with Gasteiger partial charge in [-0.3, -0.25) is 4.68 Å². The largest absolute Gasteiger partial charge is 0.327 e. The van der Waals surface area contributed by atoms with Crippen molar-refractivity contribution in [2.75, 3.05) is 0 Å². The third-order valence-corrected chi connectivity index (χ3v) is 4.88. The summed E-state index contributed by atoms with van der Waals surface area (Å²) in [4.78, 5) is 0. The van der Waals surface area contributed by atoms with E-state index in [1.165, 1.54) is 11.3 Å². The van der Waals surface area contributed by atoms with E-state index in [1.54, 1.807) is 0 Å². The van der Waals surface area contributed by atoms with Gasteiger partial charge in [-0.2, -0.15) is 5.10 Å². The molecule has 2 N–H and O–H groups in total. The number of aromatic nitrogens is 2. The molecule has 1 atom stereocenters. The fourth-order valence-corrected chi connectivity index (χ4v) is 3.02. The highest BCUT2D eigenvalue weighted by atomic mass is 79.9. The summed E-state index contributed by atoms with van der Waals surface area (Å²) in [5.41, 5.74) is 9.78. The van der Waals surface area contributed by atoms with Gasteiger partial charge in [0.25, 0.3) is 0 Å². The lowest BCUT2D eigenvalue weighted by Crippen LogP contribution is -2.27. The highest BCUT2D eigenvalue weighted by molar-refractivity contribution is 9.10. The van der Waals surface area contributed by atoms with Crippen molar-refractivity contribution < 1.29 is 0 Å². The summed E-state index contributed by atoms with van der Waals surface area (Å²) >= 11 is 7.07. The van der Waals surface area contributed by atoms with Crippen LogP contribution in [0.2, 0.25) is 0 Å². The predicted molar refractivity (Wildman–Crippen MR) is 89.9 cm³/mol. The van der Waals surface area contributed by atoms with E-state index in [-0.39, 0.29) is 6.04 Å². The Morgan fingerprint density at radius 3 is 2.45 bits per heavy atom. The lowest BCUT2D eigenvalue weighted by Gasteiger charge is -2.13. The van der Waals surface area contributed by atoms with Crippen LogP contribution < -0.4 is 5.73 Å².